The van der Waals surface area contributed by atoms with Gasteiger partial charge in [-0.05, 0) is 43.4 Å². The van der Waals surface area contributed by atoms with E-state index in [0.717, 1.165) is 72.3 Å². The summed E-state index contributed by atoms with van der Waals surface area (Å²) in [7, 11) is 0. The van der Waals surface area contributed by atoms with Gasteiger partial charge in [-0.1, -0.05) is 30.3 Å². The van der Waals surface area contributed by atoms with Gasteiger partial charge < -0.3 is 14.4 Å². The minimum atomic E-state index is -0.144. The number of piperidine rings is 1. The van der Waals surface area contributed by atoms with Gasteiger partial charge in [0, 0.05) is 50.2 Å². The number of aromatic nitrogens is 6. The molecule has 0 saturated carbocycles. The number of pyridine rings is 1. The van der Waals surface area contributed by atoms with Crippen molar-refractivity contribution in [3.8, 4) is 11.1 Å². The predicted octanol–water partition coefficient (Wildman–Crippen LogP) is 3.60. The van der Waals surface area contributed by atoms with E-state index in [1.807, 2.05) is 39.8 Å². The van der Waals surface area contributed by atoms with Crippen LogP contribution in [0.1, 0.15) is 31.7 Å². The van der Waals surface area contributed by atoms with E-state index < -0.39 is 0 Å². The Balaban J connectivity index is 1.15. The lowest BCUT2D eigenvalue weighted by atomic mass is 10.0. The van der Waals surface area contributed by atoms with E-state index in [4.69, 9.17) is 4.98 Å². The molecular weight excluding hydrogens is 492 g/mol. The molecule has 0 radical (unpaired) electrons. The van der Waals surface area contributed by atoms with Crippen molar-refractivity contribution in [2.24, 2.45) is 0 Å². The zero-order valence-corrected chi connectivity index (χ0v) is 21.7. The molecule has 1 N–H and O–H groups in total. The number of anilines is 1. The second-order valence-electron chi connectivity index (χ2n) is 10.4. The van der Waals surface area contributed by atoms with E-state index in [0.29, 0.717) is 18.7 Å². The first-order valence-corrected chi connectivity index (χ1v) is 13.6. The van der Waals surface area contributed by atoms with Crippen molar-refractivity contribution in [3.63, 3.8) is 0 Å². The quantitative estimate of drug-likeness (QED) is 0.378. The molecule has 4 aromatic heterocycles. The number of nitrogens with zero attached hydrogens (tertiary/aromatic N) is 7. The zero-order chi connectivity index (χ0) is 26.3. The number of carbonyl (C=O) groups is 1. The van der Waals surface area contributed by atoms with Crippen LogP contribution in [0.2, 0.25) is 0 Å². The first kappa shape index (κ1) is 23.6. The van der Waals surface area contributed by atoms with Gasteiger partial charge in [-0.3, -0.25) is 14.3 Å². The Morgan fingerprint density at radius 3 is 2.54 bits per heavy atom. The summed E-state index contributed by atoms with van der Waals surface area (Å²) in [6.07, 6.45) is 9.09. The molecule has 0 spiro atoms. The van der Waals surface area contributed by atoms with E-state index in [1.54, 1.807) is 17.1 Å². The van der Waals surface area contributed by atoms with Crippen LogP contribution in [0.25, 0.3) is 33.3 Å². The third-order valence-corrected chi connectivity index (χ3v) is 8.10. The summed E-state index contributed by atoms with van der Waals surface area (Å²) in [5.41, 5.74) is 4.19. The highest BCUT2D eigenvalue weighted by atomic mass is 16.2. The first-order chi connectivity index (χ1) is 19.2. The van der Waals surface area contributed by atoms with Crippen LogP contribution in [0.3, 0.4) is 0 Å². The number of rotatable bonds is 5. The standard InChI is InChI=1S/C29H30N8O2/c38-24(34-15-10-21(11-16-34)37-23-9-6-12-30-26(23)33-29(37)39)18-36-17-22(20-7-2-1-3-8-20)25-27(31-19-32-28(25)36)35-13-4-5-14-35/h1-3,6-9,12,17,19,21H,4-5,10-11,13-16,18H2,(H,30,33,39). The van der Waals surface area contributed by atoms with Crippen LogP contribution in [0.15, 0.2) is 66.0 Å². The van der Waals surface area contributed by atoms with Gasteiger partial charge in [0.25, 0.3) is 0 Å². The second kappa shape index (κ2) is 9.68. The molecule has 0 bridgehead atoms. The molecule has 7 rings (SSSR count). The molecule has 1 amide bonds. The Morgan fingerprint density at radius 2 is 1.74 bits per heavy atom. The monoisotopic (exact) mass is 522 g/mol. The topological polar surface area (TPSA) is 105 Å². The van der Waals surface area contributed by atoms with Gasteiger partial charge in [-0.15, -0.1) is 0 Å². The average molecular weight is 523 g/mol. The Bertz CT molecular complexity index is 1710. The van der Waals surface area contributed by atoms with Crippen molar-refractivity contribution >= 4 is 33.9 Å². The fourth-order valence-corrected chi connectivity index (χ4v) is 6.17. The summed E-state index contributed by atoms with van der Waals surface area (Å²) in [6, 6.07) is 14.0. The Labute approximate surface area is 224 Å². The summed E-state index contributed by atoms with van der Waals surface area (Å²) < 4.78 is 3.77. The minimum absolute atomic E-state index is 0.0346. The Morgan fingerprint density at radius 1 is 0.949 bits per heavy atom. The third kappa shape index (κ3) is 4.16. The van der Waals surface area contributed by atoms with Crippen molar-refractivity contribution in [3.05, 3.63) is 71.7 Å². The van der Waals surface area contributed by atoms with E-state index in [9.17, 15) is 9.59 Å². The first-order valence-electron chi connectivity index (χ1n) is 13.6. The maximum Gasteiger partial charge on any atom is 0.327 e. The number of aromatic amines is 1. The molecule has 2 saturated heterocycles. The molecule has 198 valence electrons. The number of amides is 1. The minimum Gasteiger partial charge on any atom is -0.356 e. The number of carbonyl (C=O) groups excluding carboxylic acids is 1. The van der Waals surface area contributed by atoms with Crippen molar-refractivity contribution < 1.29 is 4.79 Å². The lowest BCUT2D eigenvalue weighted by Crippen LogP contribution is -2.41. The molecule has 5 aromatic rings. The fourth-order valence-electron chi connectivity index (χ4n) is 6.17. The maximum absolute atomic E-state index is 13.5. The van der Waals surface area contributed by atoms with Crippen LogP contribution in [0.5, 0.6) is 0 Å². The number of H-pyrrole nitrogens is 1. The van der Waals surface area contributed by atoms with Crippen LogP contribution in [0, 0.1) is 0 Å². The van der Waals surface area contributed by atoms with Crippen molar-refractivity contribution in [1.82, 2.24) is 34.0 Å². The second-order valence-corrected chi connectivity index (χ2v) is 10.4. The number of imidazole rings is 1. The summed E-state index contributed by atoms with van der Waals surface area (Å²) in [6.45, 7) is 3.37. The van der Waals surface area contributed by atoms with Crippen LogP contribution >= 0.6 is 0 Å². The van der Waals surface area contributed by atoms with Crippen LogP contribution < -0.4 is 10.6 Å². The molecule has 0 unspecified atom stereocenters. The highest BCUT2D eigenvalue weighted by molar-refractivity contribution is 6.02. The summed E-state index contributed by atoms with van der Waals surface area (Å²) >= 11 is 0. The highest BCUT2D eigenvalue weighted by Crippen LogP contribution is 2.36. The smallest absolute Gasteiger partial charge is 0.327 e. The molecule has 0 aliphatic carbocycles. The van der Waals surface area contributed by atoms with Crippen molar-refractivity contribution in [1.29, 1.82) is 0 Å². The maximum atomic E-state index is 13.5. The highest BCUT2D eigenvalue weighted by Gasteiger charge is 2.28. The number of hydrogen-bond acceptors (Lipinski definition) is 6. The Hall–Kier alpha value is -4.47. The molecule has 10 heteroatoms. The third-order valence-electron chi connectivity index (χ3n) is 8.10. The van der Waals surface area contributed by atoms with Gasteiger partial charge in [0.2, 0.25) is 5.91 Å². The van der Waals surface area contributed by atoms with Gasteiger partial charge in [0.1, 0.15) is 24.3 Å². The van der Waals surface area contributed by atoms with E-state index in [-0.39, 0.29) is 24.2 Å². The number of likely N-dealkylation sites (tertiary alicyclic amines) is 1. The van der Waals surface area contributed by atoms with E-state index in [1.165, 1.54) is 0 Å². The molecule has 6 heterocycles. The molecule has 10 nitrogen and oxygen atoms in total. The summed E-state index contributed by atoms with van der Waals surface area (Å²) in [4.78, 5) is 46.9. The lowest BCUT2D eigenvalue weighted by molar-refractivity contribution is -0.133. The lowest BCUT2D eigenvalue weighted by Gasteiger charge is -2.32. The van der Waals surface area contributed by atoms with Crippen molar-refractivity contribution in [2.75, 3.05) is 31.1 Å². The van der Waals surface area contributed by atoms with Crippen LogP contribution in [0.4, 0.5) is 5.82 Å². The van der Waals surface area contributed by atoms with Gasteiger partial charge in [0.15, 0.2) is 5.65 Å². The predicted molar refractivity (Wildman–Crippen MR) is 150 cm³/mol. The summed E-state index contributed by atoms with van der Waals surface area (Å²) in [5.74, 6) is 1.00. The molecule has 2 aliphatic rings. The molecule has 2 aliphatic heterocycles. The number of fused-ring (bicyclic) bond motifs is 2. The number of nitrogens with one attached hydrogen (secondary N) is 1. The fraction of sp³-hybridized carbons (Fsp3) is 0.345. The normalized spacial score (nSPS) is 16.5. The van der Waals surface area contributed by atoms with Crippen LogP contribution in [-0.2, 0) is 11.3 Å². The van der Waals surface area contributed by atoms with Gasteiger partial charge in [-0.25, -0.2) is 19.7 Å². The number of benzene rings is 1. The zero-order valence-electron chi connectivity index (χ0n) is 21.7. The van der Waals surface area contributed by atoms with Crippen LogP contribution in [-0.4, -0.2) is 66.1 Å². The molecule has 2 fully saturated rings. The van der Waals surface area contributed by atoms with Gasteiger partial charge >= 0.3 is 5.69 Å². The van der Waals surface area contributed by atoms with Gasteiger partial charge in [0.05, 0.1) is 10.9 Å². The number of hydrogen-bond donors (Lipinski definition) is 1. The average Bonchev–Trinajstić information content (AvgIpc) is 3.71. The Kier molecular flexibility index (Phi) is 5.87. The molecule has 0 atom stereocenters. The molecule has 39 heavy (non-hydrogen) atoms. The van der Waals surface area contributed by atoms with E-state index >= 15 is 0 Å². The SMILES string of the molecule is O=C(Cn1cc(-c2ccccc2)c2c(N3CCCC3)ncnc21)N1CCC(n2c(=O)[nH]c3ncccc32)CC1. The van der Waals surface area contributed by atoms with E-state index in [2.05, 4.69) is 38.2 Å². The largest absolute Gasteiger partial charge is 0.356 e. The molecule has 1 aromatic carbocycles. The van der Waals surface area contributed by atoms with Gasteiger partial charge in [-0.2, -0.15) is 0 Å². The molecular formula is C29H30N8O2. The van der Waals surface area contributed by atoms with Crippen molar-refractivity contribution in [2.45, 2.75) is 38.3 Å². The summed E-state index contributed by atoms with van der Waals surface area (Å²) in [5, 5.41) is 1.00.